The highest BCUT2D eigenvalue weighted by molar-refractivity contribution is 5.93. The average molecular weight is 428 g/mol. The summed E-state index contributed by atoms with van der Waals surface area (Å²) in [6.45, 7) is -1.12. The topological polar surface area (TPSA) is 158 Å². The van der Waals surface area contributed by atoms with Gasteiger partial charge in [-0.15, -0.1) is 0 Å². The Bertz CT molecular complexity index is 689. The molecule has 0 bridgehead atoms. The Kier molecular flexibility index (Phi) is 13.0. The molecule has 0 aliphatic carbocycles. The number of ether oxygens (including phenoxy) is 6. The number of methoxy groups -OCH3 is 3. The molecule has 0 heterocycles. The lowest BCUT2D eigenvalue weighted by Gasteiger charge is -2.16. The number of hydrogen-bond acceptors (Lipinski definition) is 12. The third-order valence-corrected chi connectivity index (χ3v) is 2.78. The second-order valence-electron chi connectivity index (χ2n) is 4.89. The fraction of sp³-hybridized carbons (Fsp3) is 0.333. The summed E-state index contributed by atoms with van der Waals surface area (Å²) < 4.78 is 27.4. The molecule has 0 N–H and O–H groups in total. The van der Waals surface area contributed by atoms with Crippen LogP contribution in [0.1, 0.15) is 0 Å². The van der Waals surface area contributed by atoms with Crippen molar-refractivity contribution in [2.75, 3.05) is 34.5 Å². The summed E-state index contributed by atoms with van der Waals surface area (Å²) in [5.41, 5.74) is 0. The molecule has 164 valence electrons. The van der Waals surface area contributed by atoms with Crippen LogP contribution in [0, 0.1) is 0 Å². The number of rotatable bonds is 11. The first-order valence-corrected chi connectivity index (χ1v) is 8.04. The van der Waals surface area contributed by atoms with Crippen molar-refractivity contribution in [3.8, 4) is 0 Å². The second-order valence-corrected chi connectivity index (χ2v) is 4.89. The van der Waals surface area contributed by atoms with Crippen LogP contribution in [0.2, 0.25) is 0 Å². The quantitative estimate of drug-likeness (QED) is 0.229. The molecule has 0 spiro atoms. The highest BCUT2D eigenvalue weighted by atomic mass is 16.6. The highest BCUT2D eigenvalue weighted by Gasteiger charge is 2.18. The van der Waals surface area contributed by atoms with Gasteiger partial charge in [-0.2, -0.15) is 0 Å². The molecule has 0 saturated carbocycles. The summed E-state index contributed by atoms with van der Waals surface area (Å²) in [7, 11) is 3.32. The smallest absolute Gasteiger partial charge is 0.331 e. The molecule has 0 unspecified atom stereocenters. The lowest BCUT2D eigenvalue weighted by atomic mass is 10.4. The van der Waals surface area contributed by atoms with Crippen LogP contribution >= 0.6 is 0 Å². The Morgan fingerprint density at radius 1 is 0.533 bits per heavy atom. The standard InChI is InChI=1S/C18H20O12/c1-25-13(19)4-7-16(22)28-10-12(30-18(24)9-6-15(21)27-3)11-29-17(23)8-5-14(20)26-2/h4-9,12H,10-11H2,1-3H3. The van der Waals surface area contributed by atoms with Gasteiger partial charge in [-0.25, -0.2) is 28.8 Å². The summed E-state index contributed by atoms with van der Waals surface area (Å²) in [4.78, 5) is 67.7. The summed E-state index contributed by atoms with van der Waals surface area (Å²) in [5.74, 6) is -5.37. The Hall–Kier alpha value is -3.96. The van der Waals surface area contributed by atoms with Gasteiger partial charge in [0.15, 0.2) is 6.10 Å². The zero-order chi connectivity index (χ0) is 22.9. The van der Waals surface area contributed by atoms with E-state index in [-0.39, 0.29) is 0 Å². The SMILES string of the molecule is COC(=O)C=CC(=O)OCC(COC(=O)C=CC(=O)OC)OC(=O)C=CC(=O)OC. The van der Waals surface area contributed by atoms with E-state index in [9.17, 15) is 28.8 Å². The zero-order valence-electron chi connectivity index (χ0n) is 16.4. The second kappa shape index (κ2) is 15.0. The van der Waals surface area contributed by atoms with Crippen LogP contribution in [-0.4, -0.2) is 76.5 Å². The van der Waals surface area contributed by atoms with Crippen molar-refractivity contribution in [1.29, 1.82) is 0 Å². The lowest BCUT2D eigenvalue weighted by molar-refractivity contribution is -0.160. The minimum Gasteiger partial charge on any atom is -0.466 e. The molecule has 0 saturated heterocycles. The van der Waals surface area contributed by atoms with E-state index in [1.807, 2.05) is 0 Å². The molecule has 0 aromatic rings. The van der Waals surface area contributed by atoms with E-state index in [4.69, 9.17) is 14.2 Å². The molecule has 0 radical (unpaired) electrons. The first kappa shape index (κ1) is 26.0. The van der Waals surface area contributed by atoms with Crippen molar-refractivity contribution in [2.24, 2.45) is 0 Å². The van der Waals surface area contributed by atoms with Gasteiger partial charge >= 0.3 is 35.8 Å². The first-order valence-electron chi connectivity index (χ1n) is 8.04. The van der Waals surface area contributed by atoms with Crippen LogP contribution in [-0.2, 0) is 57.2 Å². The highest BCUT2D eigenvalue weighted by Crippen LogP contribution is 2.00. The molecule has 12 nitrogen and oxygen atoms in total. The van der Waals surface area contributed by atoms with E-state index in [0.717, 1.165) is 57.8 Å². The third-order valence-electron chi connectivity index (χ3n) is 2.78. The van der Waals surface area contributed by atoms with Gasteiger partial charge in [-0.1, -0.05) is 0 Å². The number of esters is 6. The molecule has 0 aliphatic rings. The van der Waals surface area contributed by atoms with E-state index in [2.05, 4.69) is 14.2 Å². The molecule has 0 fully saturated rings. The van der Waals surface area contributed by atoms with Gasteiger partial charge < -0.3 is 28.4 Å². The molecule has 0 rings (SSSR count). The maximum absolute atomic E-state index is 11.7. The van der Waals surface area contributed by atoms with E-state index in [1.54, 1.807) is 0 Å². The lowest BCUT2D eigenvalue weighted by Crippen LogP contribution is -2.30. The molecule has 0 amide bonds. The van der Waals surface area contributed by atoms with Crippen LogP contribution in [0.3, 0.4) is 0 Å². The molecular formula is C18H20O12. The van der Waals surface area contributed by atoms with E-state index in [0.29, 0.717) is 0 Å². The van der Waals surface area contributed by atoms with Crippen molar-refractivity contribution >= 4 is 35.8 Å². The van der Waals surface area contributed by atoms with Crippen molar-refractivity contribution in [2.45, 2.75) is 6.10 Å². The minimum absolute atomic E-state index is 0.559. The maximum atomic E-state index is 11.7. The summed E-state index contributed by atoms with van der Waals surface area (Å²) in [6.07, 6.45) is 3.41. The molecule has 0 aromatic heterocycles. The predicted molar refractivity (Wildman–Crippen MR) is 95.3 cm³/mol. The average Bonchev–Trinajstić information content (AvgIpc) is 2.75. The Balaban J connectivity index is 4.92. The maximum Gasteiger partial charge on any atom is 0.331 e. The van der Waals surface area contributed by atoms with Crippen LogP contribution < -0.4 is 0 Å². The Labute approximate surface area is 171 Å². The Morgan fingerprint density at radius 3 is 1.17 bits per heavy atom. The zero-order valence-corrected chi connectivity index (χ0v) is 16.4. The Morgan fingerprint density at radius 2 is 0.833 bits per heavy atom. The molecule has 30 heavy (non-hydrogen) atoms. The van der Waals surface area contributed by atoms with Gasteiger partial charge in [0.2, 0.25) is 0 Å². The van der Waals surface area contributed by atoms with Crippen LogP contribution in [0.4, 0.5) is 0 Å². The van der Waals surface area contributed by atoms with E-state index >= 15 is 0 Å². The van der Waals surface area contributed by atoms with E-state index < -0.39 is 55.1 Å². The van der Waals surface area contributed by atoms with Gasteiger partial charge in [0.1, 0.15) is 13.2 Å². The minimum atomic E-state index is -1.27. The number of hydrogen-bond donors (Lipinski definition) is 0. The molecule has 0 aromatic carbocycles. The van der Waals surface area contributed by atoms with Crippen LogP contribution in [0.15, 0.2) is 36.5 Å². The summed E-state index contributed by atoms with van der Waals surface area (Å²) in [6, 6.07) is 0. The summed E-state index contributed by atoms with van der Waals surface area (Å²) in [5, 5.41) is 0. The van der Waals surface area contributed by atoms with Crippen molar-refractivity contribution in [1.82, 2.24) is 0 Å². The van der Waals surface area contributed by atoms with Gasteiger partial charge in [0, 0.05) is 36.5 Å². The normalized spacial score (nSPS) is 11.7. The first-order chi connectivity index (χ1) is 14.2. The fourth-order valence-corrected chi connectivity index (χ4v) is 1.38. The summed E-state index contributed by atoms with van der Waals surface area (Å²) >= 11 is 0. The monoisotopic (exact) mass is 428 g/mol. The van der Waals surface area contributed by atoms with Gasteiger partial charge in [0.25, 0.3) is 0 Å². The van der Waals surface area contributed by atoms with E-state index in [1.165, 1.54) is 0 Å². The van der Waals surface area contributed by atoms with Gasteiger partial charge in [-0.05, 0) is 0 Å². The third kappa shape index (κ3) is 13.2. The van der Waals surface area contributed by atoms with Crippen molar-refractivity contribution in [3.05, 3.63) is 36.5 Å². The largest absolute Gasteiger partial charge is 0.466 e. The van der Waals surface area contributed by atoms with Crippen LogP contribution in [0.25, 0.3) is 0 Å². The van der Waals surface area contributed by atoms with Crippen molar-refractivity contribution in [3.63, 3.8) is 0 Å². The van der Waals surface area contributed by atoms with Crippen LogP contribution in [0.5, 0.6) is 0 Å². The number of carbonyl (C=O) groups is 6. The van der Waals surface area contributed by atoms with Gasteiger partial charge in [-0.3, -0.25) is 0 Å². The fourth-order valence-electron chi connectivity index (χ4n) is 1.38. The molecule has 0 aliphatic heterocycles. The molecular weight excluding hydrogens is 408 g/mol. The molecule has 12 heteroatoms. The predicted octanol–water partition coefficient (Wildman–Crippen LogP) is -0.828. The molecule has 0 atom stereocenters. The number of carbonyl (C=O) groups excluding carboxylic acids is 6. The van der Waals surface area contributed by atoms with Crippen molar-refractivity contribution < 1.29 is 57.2 Å². The van der Waals surface area contributed by atoms with Gasteiger partial charge in [0.05, 0.1) is 21.3 Å².